The molecular weight excluding hydrogens is 625 g/mol. The van der Waals surface area contributed by atoms with Crippen LogP contribution < -0.4 is 10.4 Å². The normalized spacial score (nSPS) is 18.8. The van der Waals surface area contributed by atoms with E-state index in [0.717, 1.165) is 32.5 Å². The van der Waals surface area contributed by atoms with E-state index in [2.05, 4.69) is 37.1 Å². The molecule has 3 fully saturated rings. The molecule has 3 aliphatic rings. The molecule has 1 amide bonds. The van der Waals surface area contributed by atoms with Crippen LogP contribution in [-0.4, -0.2) is 107 Å². The van der Waals surface area contributed by atoms with Gasteiger partial charge in [0.15, 0.2) is 5.82 Å². The number of aliphatic carboxylic acids is 1. The van der Waals surface area contributed by atoms with Gasteiger partial charge in [-0.1, -0.05) is 36.6 Å². The van der Waals surface area contributed by atoms with Crippen LogP contribution in [0.1, 0.15) is 60.3 Å². The number of hydrazine groups is 1. The van der Waals surface area contributed by atoms with Gasteiger partial charge in [-0.3, -0.25) is 25.0 Å². The second-order valence-corrected chi connectivity index (χ2v) is 12.4. The number of carboxylic acid groups (broad SMARTS) is 1. The summed E-state index contributed by atoms with van der Waals surface area (Å²) in [6.07, 6.45) is 3.34. The monoisotopic (exact) mass is 664 g/mol. The predicted octanol–water partition coefficient (Wildman–Crippen LogP) is 4.19. The van der Waals surface area contributed by atoms with Crippen LogP contribution in [-0.2, 0) is 11.3 Å². The van der Waals surface area contributed by atoms with Crippen molar-refractivity contribution >= 4 is 29.3 Å². The molecule has 1 saturated carbocycles. The lowest BCUT2D eigenvalue weighted by atomic mass is 10.0. The zero-order valence-corrected chi connectivity index (χ0v) is 26.6. The molecule has 2 saturated heterocycles. The standard InChI is InChI=1S/C29H39ClN8O.C2HF3O2/c1-35-14-16-37(17-15-35)25-10-12-36(13-11-25)20-23-6-8-24(9-7-23)29(39)34-38(21-22-4-2-3-5-22)28-26(30)19-32-27(18-31)33-28;3-2(4,5)1(6)7/h6-9,19,22,25H,2-5,10-17,20-21H2,1H3,(H,34,39);(H,6,7). The lowest BCUT2D eigenvalue weighted by molar-refractivity contribution is -0.192. The highest BCUT2D eigenvalue weighted by atomic mass is 35.5. The van der Waals surface area contributed by atoms with Crippen LogP contribution in [0.5, 0.6) is 0 Å². The molecule has 1 aliphatic carbocycles. The maximum atomic E-state index is 13.3. The van der Waals surface area contributed by atoms with Crippen LogP contribution in [0.3, 0.4) is 0 Å². The molecule has 15 heteroatoms. The van der Waals surface area contributed by atoms with E-state index >= 15 is 0 Å². The molecule has 2 aliphatic heterocycles. The third-order valence-corrected chi connectivity index (χ3v) is 8.98. The number of piperazine rings is 1. The molecule has 250 valence electrons. The Balaban J connectivity index is 0.000000617. The maximum absolute atomic E-state index is 13.3. The number of alkyl halides is 3. The summed E-state index contributed by atoms with van der Waals surface area (Å²) in [5.41, 5.74) is 4.79. The highest BCUT2D eigenvalue weighted by Crippen LogP contribution is 2.29. The molecule has 1 aromatic heterocycles. The van der Waals surface area contributed by atoms with Gasteiger partial charge in [-0.25, -0.2) is 9.78 Å². The minimum Gasteiger partial charge on any atom is -0.475 e. The summed E-state index contributed by atoms with van der Waals surface area (Å²) < 4.78 is 31.7. The summed E-state index contributed by atoms with van der Waals surface area (Å²) in [7, 11) is 2.21. The largest absolute Gasteiger partial charge is 0.490 e. The van der Waals surface area contributed by atoms with Crippen LogP contribution in [0.15, 0.2) is 30.5 Å². The van der Waals surface area contributed by atoms with Crippen molar-refractivity contribution in [2.24, 2.45) is 5.92 Å². The zero-order valence-electron chi connectivity index (χ0n) is 25.8. The van der Waals surface area contributed by atoms with Crippen molar-refractivity contribution in [1.82, 2.24) is 30.1 Å². The lowest BCUT2D eigenvalue weighted by Crippen LogP contribution is -2.52. The molecule has 5 rings (SSSR count). The van der Waals surface area contributed by atoms with E-state index in [-0.39, 0.29) is 11.7 Å². The smallest absolute Gasteiger partial charge is 0.475 e. The number of nitrogens with zero attached hydrogens (tertiary/aromatic N) is 7. The quantitative estimate of drug-likeness (QED) is 0.397. The van der Waals surface area contributed by atoms with Gasteiger partial charge in [0.05, 0.1) is 6.20 Å². The summed E-state index contributed by atoms with van der Waals surface area (Å²) in [6.45, 7) is 8.43. The number of carboxylic acids is 1. The van der Waals surface area contributed by atoms with Gasteiger partial charge in [-0.05, 0) is 69.4 Å². The fourth-order valence-electron chi connectivity index (χ4n) is 6.07. The minimum absolute atomic E-state index is 0.0250. The van der Waals surface area contributed by atoms with Crippen LogP contribution >= 0.6 is 11.6 Å². The summed E-state index contributed by atoms with van der Waals surface area (Å²) in [5, 5.41) is 18.4. The Morgan fingerprint density at radius 2 is 1.67 bits per heavy atom. The molecule has 3 heterocycles. The summed E-state index contributed by atoms with van der Waals surface area (Å²) in [6, 6.07) is 10.5. The molecule has 46 heavy (non-hydrogen) atoms. The summed E-state index contributed by atoms with van der Waals surface area (Å²) in [4.78, 5) is 38.0. The lowest BCUT2D eigenvalue weighted by Gasteiger charge is -2.42. The second kappa shape index (κ2) is 16.4. The third kappa shape index (κ3) is 10.2. The Kier molecular flexibility index (Phi) is 12.6. The average molecular weight is 665 g/mol. The number of nitrogens with one attached hydrogen (secondary N) is 1. The number of amides is 1. The van der Waals surface area contributed by atoms with Gasteiger partial charge < -0.3 is 10.0 Å². The Bertz CT molecular complexity index is 1350. The molecule has 2 N–H and O–H groups in total. The SMILES string of the molecule is CN1CCN(C2CCN(Cc3ccc(C(=O)NN(CC4CCCC4)c4nc(C#N)ncc4Cl)cc3)CC2)CC1.O=C(O)C(F)(F)F. The number of benzene rings is 1. The van der Waals surface area contributed by atoms with E-state index in [4.69, 9.17) is 21.5 Å². The average Bonchev–Trinajstić information content (AvgIpc) is 3.55. The number of hydrogen-bond donors (Lipinski definition) is 2. The Morgan fingerprint density at radius 3 is 2.24 bits per heavy atom. The van der Waals surface area contributed by atoms with Gasteiger partial charge in [0, 0.05) is 50.9 Å². The van der Waals surface area contributed by atoms with Crippen molar-refractivity contribution in [1.29, 1.82) is 5.26 Å². The number of piperidine rings is 1. The van der Waals surface area contributed by atoms with Crippen LogP contribution in [0.2, 0.25) is 5.02 Å². The van der Waals surface area contributed by atoms with Gasteiger partial charge >= 0.3 is 12.1 Å². The van der Waals surface area contributed by atoms with Gasteiger partial charge in [-0.2, -0.15) is 23.4 Å². The van der Waals surface area contributed by atoms with Gasteiger partial charge in [0.25, 0.3) is 5.91 Å². The number of likely N-dealkylation sites (tertiary alicyclic amines) is 1. The van der Waals surface area contributed by atoms with Crippen molar-refractivity contribution in [2.45, 2.75) is 57.3 Å². The van der Waals surface area contributed by atoms with E-state index < -0.39 is 12.1 Å². The molecule has 0 radical (unpaired) electrons. The molecule has 2 aromatic rings. The number of carbonyl (C=O) groups excluding carboxylic acids is 1. The minimum atomic E-state index is -5.08. The van der Waals surface area contributed by atoms with E-state index in [9.17, 15) is 23.2 Å². The molecule has 0 atom stereocenters. The van der Waals surface area contributed by atoms with E-state index in [1.807, 2.05) is 30.3 Å². The number of hydrogen-bond acceptors (Lipinski definition) is 9. The first-order valence-corrected chi connectivity index (χ1v) is 15.9. The highest BCUT2D eigenvalue weighted by molar-refractivity contribution is 6.32. The first-order valence-electron chi connectivity index (χ1n) is 15.5. The fourth-order valence-corrected chi connectivity index (χ4v) is 6.27. The van der Waals surface area contributed by atoms with Crippen molar-refractivity contribution in [3.05, 3.63) is 52.4 Å². The molecule has 0 bridgehead atoms. The Morgan fingerprint density at radius 1 is 1.07 bits per heavy atom. The van der Waals surface area contributed by atoms with Crippen molar-refractivity contribution in [3.8, 4) is 6.07 Å². The van der Waals surface area contributed by atoms with E-state index in [0.29, 0.717) is 34.9 Å². The summed E-state index contributed by atoms with van der Waals surface area (Å²) >= 11 is 6.40. The number of likely N-dealkylation sites (N-methyl/N-ethyl adjacent to an activating group) is 1. The number of aromatic nitrogens is 2. The number of halogens is 4. The van der Waals surface area contributed by atoms with Gasteiger partial charge in [-0.15, -0.1) is 0 Å². The highest BCUT2D eigenvalue weighted by Gasteiger charge is 2.38. The van der Waals surface area contributed by atoms with E-state index in [1.165, 1.54) is 63.6 Å². The fraction of sp³-hybridized carbons (Fsp3) is 0.581. The van der Waals surface area contributed by atoms with E-state index in [1.54, 1.807) is 5.01 Å². The van der Waals surface area contributed by atoms with Crippen LogP contribution in [0, 0.1) is 17.2 Å². The Labute approximate surface area is 271 Å². The van der Waals surface area contributed by atoms with Gasteiger partial charge in [0.2, 0.25) is 5.82 Å². The second-order valence-electron chi connectivity index (χ2n) is 12.0. The number of rotatable bonds is 8. The summed E-state index contributed by atoms with van der Waals surface area (Å²) in [5.74, 6) is -2.16. The molecule has 0 unspecified atom stereocenters. The number of carbonyl (C=O) groups is 2. The zero-order chi connectivity index (χ0) is 33.3. The first kappa shape index (κ1) is 35.3. The number of nitriles is 1. The first-order chi connectivity index (χ1) is 21.9. The molecule has 1 aromatic carbocycles. The van der Waals surface area contributed by atoms with Crippen molar-refractivity contribution in [2.75, 3.05) is 57.9 Å². The van der Waals surface area contributed by atoms with Crippen molar-refractivity contribution in [3.63, 3.8) is 0 Å². The maximum Gasteiger partial charge on any atom is 0.490 e. The van der Waals surface area contributed by atoms with Crippen LogP contribution in [0.4, 0.5) is 19.0 Å². The molecular formula is C31H40ClF3N8O3. The third-order valence-electron chi connectivity index (χ3n) is 8.71. The van der Waals surface area contributed by atoms with Crippen molar-refractivity contribution < 1.29 is 27.9 Å². The Hall–Kier alpha value is -3.51. The topological polar surface area (TPSA) is 129 Å². The van der Waals surface area contributed by atoms with Crippen LogP contribution in [0.25, 0.3) is 0 Å². The number of anilines is 1. The molecule has 0 spiro atoms. The molecule has 11 nitrogen and oxygen atoms in total. The predicted molar refractivity (Wildman–Crippen MR) is 166 cm³/mol. The van der Waals surface area contributed by atoms with Gasteiger partial charge in [0.1, 0.15) is 11.1 Å².